The molecule has 0 spiro atoms. The van der Waals surface area contributed by atoms with E-state index < -0.39 is 71.4 Å². The molecule has 62 heavy (non-hydrogen) atoms. The van der Waals surface area contributed by atoms with Crippen LogP contribution in [0.5, 0.6) is 0 Å². The fourth-order valence-corrected chi connectivity index (χ4v) is 7.17. The lowest BCUT2D eigenvalue weighted by atomic mass is 9.83. The Morgan fingerprint density at radius 1 is 0.952 bits per heavy atom. The summed E-state index contributed by atoms with van der Waals surface area (Å²) in [6.45, 7) is 10.8. The number of nitrogens with zero attached hydrogens (tertiary/aromatic N) is 3. The van der Waals surface area contributed by atoms with Crippen molar-refractivity contribution in [3.8, 4) is 11.1 Å². The second kappa shape index (κ2) is 23.0. The first kappa shape index (κ1) is 49.0. The van der Waals surface area contributed by atoms with Gasteiger partial charge >= 0.3 is 5.97 Å². The van der Waals surface area contributed by atoms with Gasteiger partial charge in [0.15, 0.2) is 6.73 Å². The number of ether oxygens (including phenoxy) is 1. The van der Waals surface area contributed by atoms with E-state index in [-0.39, 0.29) is 69.3 Å². The van der Waals surface area contributed by atoms with Crippen LogP contribution in [-0.4, -0.2) is 100 Å². The van der Waals surface area contributed by atoms with Gasteiger partial charge in [-0.1, -0.05) is 65.0 Å². The van der Waals surface area contributed by atoms with Crippen LogP contribution >= 0.6 is 0 Å². The summed E-state index contributed by atoms with van der Waals surface area (Å²) in [6.07, 6.45) is 2.57. The zero-order chi connectivity index (χ0) is 45.6. The van der Waals surface area contributed by atoms with E-state index >= 15 is 4.39 Å². The number of hydroxylamine groups is 2. The van der Waals surface area contributed by atoms with Crippen molar-refractivity contribution < 1.29 is 52.2 Å². The predicted octanol–water partition coefficient (Wildman–Crippen LogP) is 4.77. The van der Waals surface area contributed by atoms with E-state index in [1.807, 2.05) is 55.7 Å². The first-order valence-electron chi connectivity index (χ1n) is 21.0. The molecule has 338 valence electrons. The van der Waals surface area contributed by atoms with Crippen LogP contribution in [0.4, 0.5) is 8.78 Å². The van der Waals surface area contributed by atoms with Crippen molar-refractivity contribution in [2.75, 3.05) is 33.0 Å². The van der Waals surface area contributed by atoms with Gasteiger partial charge in [-0.25, -0.2) is 13.6 Å². The van der Waals surface area contributed by atoms with Crippen molar-refractivity contribution in [1.82, 2.24) is 30.5 Å². The number of hydrogen-bond acceptors (Lipinski definition) is 9. The number of nitrogens with one attached hydrogen (secondary N) is 3. The summed E-state index contributed by atoms with van der Waals surface area (Å²) in [4.78, 5) is 83.6. The van der Waals surface area contributed by atoms with Gasteiger partial charge in [0.1, 0.15) is 30.3 Å². The molecule has 5 amide bonds. The van der Waals surface area contributed by atoms with Crippen LogP contribution < -0.4 is 16.0 Å². The Bertz CT molecular complexity index is 2020. The number of aliphatic hydroxyl groups is 1. The first-order chi connectivity index (χ1) is 29.4. The van der Waals surface area contributed by atoms with E-state index in [4.69, 9.17) is 9.57 Å². The van der Waals surface area contributed by atoms with E-state index in [2.05, 4.69) is 16.0 Å². The van der Waals surface area contributed by atoms with Gasteiger partial charge in [-0.05, 0) is 67.3 Å². The summed E-state index contributed by atoms with van der Waals surface area (Å²) in [6, 6.07) is 11.9. The Morgan fingerprint density at radius 2 is 1.68 bits per heavy atom. The molecule has 15 nitrogen and oxygen atoms in total. The molecule has 1 aliphatic rings. The van der Waals surface area contributed by atoms with Gasteiger partial charge in [0.05, 0.1) is 6.04 Å². The summed E-state index contributed by atoms with van der Waals surface area (Å²) in [5.74, 6) is -4.77. The van der Waals surface area contributed by atoms with Crippen molar-refractivity contribution in [3.05, 3.63) is 83.7 Å². The Labute approximate surface area is 361 Å². The van der Waals surface area contributed by atoms with E-state index in [1.54, 1.807) is 26.1 Å². The minimum atomic E-state index is -0.999. The monoisotopic (exact) mass is 866 g/mol. The SMILES string of the molecule is CC(C)[C@H](NC(=O)CCCC(=O)ON1COCCCC1=O)C(=O)N[C@@H](C)C(=O)NCCCN(C(=O)CO)[C@@H](c1cc(-c2cc(F)ccc2F)cn1Cc1ccccc1)C(C)(C)C. The number of aromatic nitrogens is 1. The largest absolute Gasteiger partial charge is 0.387 e. The second-order valence-corrected chi connectivity index (χ2v) is 16.8. The average Bonchev–Trinajstić information content (AvgIpc) is 3.50. The first-order valence-corrected chi connectivity index (χ1v) is 21.0. The van der Waals surface area contributed by atoms with Crippen LogP contribution in [0.15, 0.2) is 60.8 Å². The van der Waals surface area contributed by atoms with Gasteiger partial charge in [0, 0.05) is 68.5 Å². The van der Waals surface area contributed by atoms with Crippen LogP contribution in [0.2, 0.25) is 0 Å². The molecule has 2 aromatic carbocycles. The van der Waals surface area contributed by atoms with Crippen LogP contribution in [0.25, 0.3) is 11.1 Å². The molecule has 0 aliphatic carbocycles. The number of carbonyl (C=O) groups excluding carboxylic acids is 6. The lowest BCUT2D eigenvalue weighted by Gasteiger charge is -2.41. The van der Waals surface area contributed by atoms with Crippen molar-refractivity contribution in [3.63, 3.8) is 0 Å². The number of rotatable bonds is 20. The molecule has 1 saturated heterocycles. The molecule has 3 atom stereocenters. The maximum absolute atomic E-state index is 15.1. The van der Waals surface area contributed by atoms with E-state index in [0.29, 0.717) is 30.8 Å². The van der Waals surface area contributed by atoms with Crippen molar-refractivity contribution in [2.45, 2.75) is 105 Å². The van der Waals surface area contributed by atoms with Crippen molar-refractivity contribution >= 4 is 35.5 Å². The fraction of sp³-hybridized carbons (Fsp3) is 0.511. The normalized spacial score (nSPS) is 14.7. The highest BCUT2D eigenvalue weighted by Crippen LogP contribution is 2.41. The second-order valence-electron chi connectivity index (χ2n) is 16.8. The van der Waals surface area contributed by atoms with E-state index in [0.717, 1.165) is 28.8 Å². The van der Waals surface area contributed by atoms with Gasteiger partial charge in [-0.15, -0.1) is 5.06 Å². The third-order valence-corrected chi connectivity index (χ3v) is 10.3. The van der Waals surface area contributed by atoms with E-state index in [1.165, 1.54) is 11.8 Å². The number of hydrogen-bond donors (Lipinski definition) is 4. The number of benzene rings is 2. The minimum absolute atomic E-state index is 0.0613. The Morgan fingerprint density at radius 3 is 2.35 bits per heavy atom. The van der Waals surface area contributed by atoms with Gasteiger partial charge in [-0.2, -0.15) is 0 Å². The Kier molecular flexibility index (Phi) is 18.1. The van der Waals surface area contributed by atoms with Crippen LogP contribution in [0, 0.1) is 23.0 Å². The molecule has 0 radical (unpaired) electrons. The van der Waals surface area contributed by atoms with Gasteiger partial charge in [0.25, 0.3) is 5.91 Å². The summed E-state index contributed by atoms with van der Waals surface area (Å²) in [5, 5.41) is 19.1. The van der Waals surface area contributed by atoms with Gasteiger partial charge < -0.3 is 40.1 Å². The predicted molar refractivity (Wildman–Crippen MR) is 225 cm³/mol. The molecule has 1 aromatic heterocycles. The molecule has 4 N–H and O–H groups in total. The number of carbonyl (C=O) groups is 6. The molecule has 17 heteroatoms. The maximum atomic E-state index is 15.1. The van der Waals surface area contributed by atoms with Crippen LogP contribution in [0.1, 0.15) is 97.4 Å². The quantitative estimate of drug-likeness (QED) is 0.116. The molecule has 0 saturated carbocycles. The van der Waals surface area contributed by atoms with Gasteiger partial charge in [0.2, 0.25) is 23.6 Å². The van der Waals surface area contributed by atoms with E-state index in [9.17, 15) is 38.3 Å². The van der Waals surface area contributed by atoms with Gasteiger partial charge in [-0.3, -0.25) is 24.0 Å². The summed E-state index contributed by atoms with van der Waals surface area (Å²) < 4.78 is 36.6. The molecule has 0 bridgehead atoms. The van der Waals surface area contributed by atoms with Crippen LogP contribution in [0.3, 0.4) is 0 Å². The smallest absolute Gasteiger partial charge is 0.332 e. The highest BCUT2D eigenvalue weighted by molar-refractivity contribution is 5.92. The molecule has 4 rings (SSSR count). The molecule has 2 heterocycles. The topological polar surface area (TPSA) is 189 Å². The molecule has 1 aliphatic heterocycles. The third kappa shape index (κ3) is 14.2. The number of halogens is 2. The van der Waals surface area contributed by atoms with Crippen molar-refractivity contribution in [1.29, 1.82) is 0 Å². The number of aliphatic hydroxyl groups excluding tert-OH is 1. The zero-order valence-corrected chi connectivity index (χ0v) is 36.4. The highest BCUT2D eigenvalue weighted by Gasteiger charge is 2.37. The standard InChI is InChI=1S/C45H60F2N6O9/c1-29(2)41(50-37(55)15-10-17-40(58)62-53-28-61-22-11-16-38(53)56)44(60)49-30(3)43(59)48-20-12-21-52(39(57)27-54)42(45(4,5)6)36-23-32(34-24-33(46)18-19-35(34)47)26-51(36)25-31-13-8-7-9-14-31/h7-9,13-14,18-19,23-24,26,29-30,41-42,54H,10-12,15-17,20-22,25,27-28H2,1-6H3,(H,48,59)(H,49,60)(H,50,55)/t30-,41-,42-/m0/s1. The number of amides is 5. The fourth-order valence-electron chi connectivity index (χ4n) is 7.17. The van der Waals surface area contributed by atoms with Crippen LogP contribution in [-0.2, 0) is 44.9 Å². The summed E-state index contributed by atoms with van der Waals surface area (Å²) in [5.41, 5.74) is 1.41. The molecule has 3 aromatic rings. The molecule has 0 unspecified atom stereocenters. The summed E-state index contributed by atoms with van der Waals surface area (Å²) in [7, 11) is 0. The zero-order valence-electron chi connectivity index (χ0n) is 36.4. The highest BCUT2D eigenvalue weighted by atomic mass is 19.1. The van der Waals surface area contributed by atoms with Crippen molar-refractivity contribution in [2.24, 2.45) is 11.3 Å². The lowest BCUT2D eigenvalue weighted by Crippen LogP contribution is -2.54. The Hall–Kier alpha value is -5.68. The summed E-state index contributed by atoms with van der Waals surface area (Å²) >= 11 is 0. The minimum Gasteiger partial charge on any atom is -0.387 e. The lowest BCUT2D eigenvalue weighted by molar-refractivity contribution is -0.212. The Balaban J connectivity index is 1.37. The molecular weight excluding hydrogens is 807 g/mol. The molecular formula is C45H60F2N6O9. The molecule has 1 fully saturated rings. The maximum Gasteiger partial charge on any atom is 0.332 e. The third-order valence-electron chi connectivity index (χ3n) is 10.3. The average molecular weight is 867 g/mol.